The van der Waals surface area contributed by atoms with Gasteiger partial charge in [0.05, 0.1) is 18.8 Å². The van der Waals surface area contributed by atoms with Crippen molar-refractivity contribution in [3.63, 3.8) is 0 Å². The molecule has 0 saturated carbocycles. The first-order valence-electron chi connectivity index (χ1n) is 6.63. The van der Waals surface area contributed by atoms with Crippen LogP contribution in [-0.4, -0.2) is 47.8 Å². The van der Waals surface area contributed by atoms with E-state index in [4.69, 9.17) is 9.84 Å². The number of amides is 1. The van der Waals surface area contributed by atoms with Gasteiger partial charge >= 0.3 is 0 Å². The zero-order valence-corrected chi connectivity index (χ0v) is 11.2. The molecule has 17 heavy (non-hydrogen) atoms. The van der Waals surface area contributed by atoms with Crippen molar-refractivity contribution in [1.82, 2.24) is 4.90 Å². The second-order valence-corrected chi connectivity index (χ2v) is 5.04. The molecule has 0 bridgehead atoms. The van der Waals surface area contributed by atoms with E-state index in [-0.39, 0.29) is 30.6 Å². The minimum absolute atomic E-state index is 0.0164. The standard InChI is InChI=1S/C13H25NO3/c1-4-5-6-10(2)13(16)14-7-11(3)17-12(8-14)9-15/h10-12,15H,4-9H2,1-3H3/t10-,11+,12+/m0/s1. The summed E-state index contributed by atoms with van der Waals surface area (Å²) in [6.45, 7) is 7.22. The van der Waals surface area contributed by atoms with Crippen LogP contribution in [0, 0.1) is 5.92 Å². The summed E-state index contributed by atoms with van der Waals surface area (Å²) in [6.07, 6.45) is 2.96. The lowest BCUT2D eigenvalue weighted by Crippen LogP contribution is -2.51. The van der Waals surface area contributed by atoms with Gasteiger partial charge in [0.1, 0.15) is 0 Å². The number of unbranched alkanes of at least 4 members (excludes halogenated alkanes) is 1. The van der Waals surface area contributed by atoms with Gasteiger partial charge in [-0.2, -0.15) is 0 Å². The molecular weight excluding hydrogens is 218 g/mol. The molecule has 0 spiro atoms. The summed E-state index contributed by atoms with van der Waals surface area (Å²) in [5.41, 5.74) is 0. The average molecular weight is 243 g/mol. The highest BCUT2D eigenvalue weighted by atomic mass is 16.5. The highest BCUT2D eigenvalue weighted by Crippen LogP contribution is 2.16. The highest BCUT2D eigenvalue weighted by molar-refractivity contribution is 5.78. The van der Waals surface area contributed by atoms with Crippen LogP contribution in [-0.2, 0) is 9.53 Å². The topological polar surface area (TPSA) is 49.8 Å². The van der Waals surface area contributed by atoms with E-state index >= 15 is 0 Å². The summed E-state index contributed by atoms with van der Waals surface area (Å²) < 4.78 is 5.53. The Morgan fingerprint density at radius 2 is 2.24 bits per heavy atom. The van der Waals surface area contributed by atoms with Crippen LogP contribution in [0.5, 0.6) is 0 Å². The molecule has 1 rings (SSSR count). The summed E-state index contributed by atoms with van der Waals surface area (Å²) in [7, 11) is 0. The number of carbonyl (C=O) groups excluding carboxylic acids is 1. The van der Waals surface area contributed by atoms with E-state index in [2.05, 4.69) is 6.92 Å². The van der Waals surface area contributed by atoms with Crippen molar-refractivity contribution in [2.45, 2.75) is 52.2 Å². The highest BCUT2D eigenvalue weighted by Gasteiger charge is 2.29. The SMILES string of the molecule is CCCC[C@H](C)C(=O)N1C[C@H](CO)O[C@H](C)C1. The minimum atomic E-state index is -0.221. The maximum atomic E-state index is 12.2. The van der Waals surface area contributed by atoms with Gasteiger partial charge in [-0.25, -0.2) is 0 Å². The fourth-order valence-corrected chi connectivity index (χ4v) is 2.27. The molecule has 0 unspecified atom stereocenters. The van der Waals surface area contributed by atoms with Gasteiger partial charge in [0, 0.05) is 19.0 Å². The molecule has 1 heterocycles. The van der Waals surface area contributed by atoms with Gasteiger partial charge in [-0.05, 0) is 13.3 Å². The normalized spacial score (nSPS) is 26.9. The van der Waals surface area contributed by atoms with Crippen LogP contribution in [0.3, 0.4) is 0 Å². The molecule has 4 heteroatoms. The maximum Gasteiger partial charge on any atom is 0.225 e. The smallest absolute Gasteiger partial charge is 0.225 e. The molecule has 0 radical (unpaired) electrons. The van der Waals surface area contributed by atoms with E-state index in [9.17, 15) is 4.79 Å². The predicted octanol–water partition coefficient (Wildman–Crippen LogP) is 1.42. The zero-order valence-electron chi connectivity index (χ0n) is 11.2. The molecule has 1 amide bonds. The number of ether oxygens (including phenoxy) is 1. The minimum Gasteiger partial charge on any atom is -0.394 e. The van der Waals surface area contributed by atoms with Gasteiger partial charge in [0.2, 0.25) is 5.91 Å². The van der Waals surface area contributed by atoms with E-state index in [1.807, 2.05) is 18.7 Å². The van der Waals surface area contributed by atoms with Crippen molar-refractivity contribution >= 4 is 5.91 Å². The number of morpholine rings is 1. The fraction of sp³-hybridized carbons (Fsp3) is 0.923. The number of rotatable bonds is 5. The van der Waals surface area contributed by atoms with Crippen molar-refractivity contribution in [2.75, 3.05) is 19.7 Å². The number of aliphatic hydroxyl groups excluding tert-OH is 1. The number of hydrogen-bond donors (Lipinski definition) is 1. The summed E-state index contributed by atoms with van der Waals surface area (Å²) in [5.74, 6) is 0.284. The molecule has 0 aliphatic carbocycles. The van der Waals surface area contributed by atoms with Gasteiger partial charge in [-0.3, -0.25) is 4.79 Å². The number of nitrogens with zero attached hydrogens (tertiary/aromatic N) is 1. The predicted molar refractivity (Wildman–Crippen MR) is 66.7 cm³/mol. The van der Waals surface area contributed by atoms with Crippen LogP contribution < -0.4 is 0 Å². The first-order chi connectivity index (χ1) is 8.08. The van der Waals surface area contributed by atoms with Crippen molar-refractivity contribution in [3.8, 4) is 0 Å². The quantitative estimate of drug-likeness (QED) is 0.794. The summed E-state index contributed by atoms with van der Waals surface area (Å²) in [5, 5.41) is 9.13. The third kappa shape index (κ3) is 4.28. The molecule has 0 aromatic carbocycles. The first kappa shape index (κ1) is 14.5. The maximum absolute atomic E-state index is 12.2. The second-order valence-electron chi connectivity index (χ2n) is 5.04. The Bertz CT molecular complexity index is 245. The Hall–Kier alpha value is -0.610. The van der Waals surface area contributed by atoms with E-state index in [0.717, 1.165) is 19.3 Å². The summed E-state index contributed by atoms with van der Waals surface area (Å²) in [6, 6.07) is 0. The lowest BCUT2D eigenvalue weighted by atomic mass is 10.0. The Morgan fingerprint density at radius 3 is 2.82 bits per heavy atom. The van der Waals surface area contributed by atoms with Crippen LogP contribution in [0.15, 0.2) is 0 Å². The number of aliphatic hydroxyl groups is 1. The van der Waals surface area contributed by atoms with Gasteiger partial charge in [0.15, 0.2) is 0 Å². The van der Waals surface area contributed by atoms with Crippen molar-refractivity contribution in [2.24, 2.45) is 5.92 Å². The van der Waals surface area contributed by atoms with E-state index in [0.29, 0.717) is 13.1 Å². The lowest BCUT2D eigenvalue weighted by Gasteiger charge is -2.37. The molecule has 1 saturated heterocycles. The molecule has 1 fully saturated rings. The molecule has 1 aliphatic heterocycles. The van der Waals surface area contributed by atoms with Crippen molar-refractivity contribution in [1.29, 1.82) is 0 Å². The second kappa shape index (κ2) is 6.97. The fourth-order valence-electron chi connectivity index (χ4n) is 2.27. The number of hydrogen-bond acceptors (Lipinski definition) is 3. The molecule has 0 aromatic heterocycles. The molecule has 4 nitrogen and oxygen atoms in total. The van der Waals surface area contributed by atoms with Crippen LogP contribution in [0.1, 0.15) is 40.0 Å². The van der Waals surface area contributed by atoms with Crippen molar-refractivity contribution < 1.29 is 14.6 Å². The molecular formula is C13H25NO3. The third-order valence-corrected chi connectivity index (χ3v) is 3.25. The van der Waals surface area contributed by atoms with Gasteiger partial charge in [-0.15, -0.1) is 0 Å². The Kier molecular flexibility index (Phi) is 5.92. The van der Waals surface area contributed by atoms with Gasteiger partial charge in [-0.1, -0.05) is 26.7 Å². The van der Waals surface area contributed by atoms with E-state index < -0.39 is 0 Å². The lowest BCUT2D eigenvalue weighted by molar-refractivity contribution is -0.150. The third-order valence-electron chi connectivity index (χ3n) is 3.25. The first-order valence-corrected chi connectivity index (χ1v) is 6.63. The van der Waals surface area contributed by atoms with Crippen LogP contribution >= 0.6 is 0 Å². The number of carbonyl (C=O) groups is 1. The van der Waals surface area contributed by atoms with Crippen LogP contribution in [0.25, 0.3) is 0 Å². The van der Waals surface area contributed by atoms with E-state index in [1.54, 1.807) is 0 Å². The molecule has 3 atom stereocenters. The Morgan fingerprint density at radius 1 is 1.53 bits per heavy atom. The van der Waals surface area contributed by atoms with E-state index in [1.165, 1.54) is 0 Å². The average Bonchev–Trinajstić information content (AvgIpc) is 2.34. The largest absolute Gasteiger partial charge is 0.394 e. The Labute approximate surface area is 104 Å². The monoisotopic (exact) mass is 243 g/mol. The molecule has 0 aromatic rings. The van der Waals surface area contributed by atoms with Gasteiger partial charge in [0.25, 0.3) is 0 Å². The molecule has 1 N–H and O–H groups in total. The van der Waals surface area contributed by atoms with Crippen LogP contribution in [0.2, 0.25) is 0 Å². The Balaban J connectivity index is 2.49. The summed E-state index contributed by atoms with van der Waals surface area (Å²) >= 11 is 0. The molecule has 1 aliphatic rings. The van der Waals surface area contributed by atoms with Crippen molar-refractivity contribution in [3.05, 3.63) is 0 Å². The molecule has 100 valence electrons. The van der Waals surface area contributed by atoms with Crippen LogP contribution in [0.4, 0.5) is 0 Å². The van der Waals surface area contributed by atoms with Gasteiger partial charge < -0.3 is 14.7 Å². The zero-order chi connectivity index (χ0) is 12.8. The summed E-state index contributed by atoms with van der Waals surface area (Å²) in [4.78, 5) is 14.0.